The molecule has 0 bridgehead atoms. The lowest BCUT2D eigenvalue weighted by Gasteiger charge is -2.25. The number of rotatable bonds is 11. The van der Waals surface area contributed by atoms with Gasteiger partial charge in [0.2, 0.25) is 5.91 Å². The first kappa shape index (κ1) is 22.2. The van der Waals surface area contributed by atoms with Crippen LogP contribution < -0.4 is 10.6 Å². The van der Waals surface area contributed by atoms with Crippen molar-refractivity contribution in [2.24, 2.45) is 5.92 Å². The number of esters is 1. The number of amides is 1. The highest BCUT2D eigenvalue weighted by Gasteiger charge is 2.26. The van der Waals surface area contributed by atoms with E-state index in [9.17, 15) is 9.59 Å². The number of hydrogen-bond donors (Lipinski definition) is 2. The molecule has 1 unspecified atom stereocenters. The van der Waals surface area contributed by atoms with Gasteiger partial charge in [-0.25, -0.2) is 4.79 Å². The summed E-state index contributed by atoms with van der Waals surface area (Å²) < 4.78 is 4.88. The fourth-order valence-electron chi connectivity index (χ4n) is 3.53. The van der Waals surface area contributed by atoms with Gasteiger partial charge in [0.05, 0.1) is 13.2 Å². The Morgan fingerprint density at radius 2 is 2.00 bits per heavy atom. The van der Waals surface area contributed by atoms with E-state index in [0.717, 1.165) is 37.8 Å². The number of carbonyl (C=O) groups excluding carboxylic acids is 2. The second-order valence-corrected chi connectivity index (χ2v) is 7.50. The molecular formula is C23H34N2O3. The van der Waals surface area contributed by atoms with E-state index in [4.69, 9.17) is 4.74 Å². The summed E-state index contributed by atoms with van der Waals surface area (Å²) in [5.41, 5.74) is 1.09. The third-order valence-corrected chi connectivity index (χ3v) is 5.23. The number of benzene rings is 1. The number of carbonyl (C=O) groups is 2. The van der Waals surface area contributed by atoms with Crippen molar-refractivity contribution in [3.63, 3.8) is 0 Å². The first-order chi connectivity index (χ1) is 13.6. The van der Waals surface area contributed by atoms with Gasteiger partial charge in [-0.1, -0.05) is 62.2 Å². The molecular weight excluding hydrogens is 352 g/mol. The van der Waals surface area contributed by atoms with E-state index in [2.05, 4.69) is 29.7 Å². The molecule has 5 nitrogen and oxygen atoms in total. The molecule has 3 atom stereocenters. The van der Waals surface area contributed by atoms with Crippen molar-refractivity contribution < 1.29 is 14.3 Å². The lowest BCUT2D eigenvalue weighted by atomic mass is 9.95. The lowest BCUT2D eigenvalue weighted by Crippen LogP contribution is -2.52. The number of ether oxygens (including phenoxy) is 1. The maximum atomic E-state index is 13.0. The molecule has 0 saturated heterocycles. The topological polar surface area (TPSA) is 67.4 Å². The van der Waals surface area contributed by atoms with Crippen molar-refractivity contribution in [1.82, 2.24) is 10.6 Å². The summed E-state index contributed by atoms with van der Waals surface area (Å²) in [5.74, 6) is -0.0676. The van der Waals surface area contributed by atoms with Crippen LogP contribution in [0.5, 0.6) is 0 Å². The van der Waals surface area contributed by atoms with E-state index in [1.807, 2.05) is 30.3 Å². The predicted molar refractivity (Wildman–Crippen MR) is 112 cm³/mol. The molecule has 1 aliphatic rings. The molecule has 0 aromatic heterocycles. The lowest BCUT2D eigenvalue weighted by molar-refractivity contribution is -0.145. The number of hydrogen-bond acceptors (Lipinski definition) is 4. The van der Waals surface area contributed by atoms with Gasteiger partial charge in [0.1, 0.15) is 6.04 Å². The SMILES string of the molecule is CCCC[C@H](NC(=O)[C@H](Cc1ccccc1)NCC1C=CCCC1)C(=O)OC. The second-order valence-electron chi connectivity index (χ2n) is 7.50. The van der Waals surface area contributed by atoms with E-state index in [1.54, 1.807) is 0 Å². The highest BCUT2D eigenvalue weighted by molar-refractivity contribution is 5.87. The normalized spacial score (nSPS) is 18.3. The van der Waals surface area contributed by atoms with E-state index < -0.39 is 6.04 Å². The van der Waals surface area contributed by atoms with Crippen molar-refractivity contribution in [1.29, 1.82) is 0 Å². The molecule has 0 radical (unpaired) electrons. The zero-order valence-corrected chi connectivity index (χ0v) is 17.2. The van der Waals surface area contributed by atoms with Gasteiger partial charge in [-0.05, 0) is 43.6 Å². The van der Waals surface area contributed by atoms with Crippen molar-refractivity contribution in [3.05, 3.63) is 48.0 Å². The molecule has 1 aromatic carbocycles. The van der Waals surface area contributed by atoms with E-state index in [-0.39, 0.29) is 17.9 Å². The van der Waals surface area contributed by atoms with Crippen molar-refractivity contribution >= 4 is 11.9 Å². The Morgan fingerprint density at radius 3 is 2.64 bits per heavy atom. The molecule has 28 heavy (non-hydrogen) atoms. The Hall–Kier alpha value is -2.14. The predicted octanol–water partition coefficient (Wildman–Crippen LogP) is 3.39. The molecule has 0 aliphatic heterocycles. The molecule has 1 amide bonds. The summed E-state index contributed by atoms with van der Waals surface area (Å²) in [6.45, 7) is 2.83. The Bertz CT molecular complexity index is 630. The van der Waals surface area contributed by atoms with Gasteiger partial charge >= 0.3 is 5.97 Å². The quantitative estimate of drug-likeness (QED) is 0.452. The molecule has 1 aliphatic carbocycles. The third kappa shape index (κ3) is 7.47. The van der Waals surface area contributed by atoms with Gasteiger partial charge < -0.3 is 15.4 Å². The molecule has 2 rings (SSSR count). The molecule has 5 heteroatoms. The summed E-state index contributed by atoms with van der Waals surface area (Å²) in [7, 11) is 1.36. The van der Waals surface area contributed by atoms with Gasteiger partial charge in [0, 0.05) is 6.54 Å². The van der Waals surface area contributed by atoms with E-state index in [0.29, 0.717) is 18.8 Å². The molecule has 0 saturated carbocycles. The molecule has 0 heterocycles. The van der Waals surface area contributed by atoms with E-state index in [1.165, 1.54) is 13.5 Å². The number of nitrogens with one attached hydrogen (secondary N) is 2. The molecule has 154 valence electrons. The highest BCUT2D eigenvalue weighted by Crippen LogP contribution is 2.16. The minimum absolute atomic E-state index is 0.143. The highest BCUT2D eigenvalue weighted by atomic mass is 16.5. The molecule has 0 spiro atoms. The minimum atomic E-state index is -0.591. The standard InChI is InChI=1S/C23H34N2O3/c1-3-4-15-20(23(27)28-2)25-22(26)21(16-18-11-7-5-8-12-18)24-17-19-13-9-6-10-14-19/h5,7-9,11-13,19-21,24H,3-4,6,10,14-17H2,1-2H3,(H,25,26)/t19?,20-,21-/m0/s1. The van der Waals surface area contributed by atoms with Crippen LogP contribution in [0.2, 0.25) is 0 Å². The largest absolute Gasteiger partial charge is 0.467 e. The zero-order chi connectivity index (χ0) is 20.2. The van der Waals surface area contributed by atoms with Crippen molar-refractivity contribution in [3.8, 4) is 0 Å². The summed E-state index contributed by atoms with van der Waals surface area (Å²) in [4.78, 5) is 25.1. The van der Waals surface area contributed by atoms with Crippen molar-refractivity contribution in [2.75, 3.05) is 13.7 Å². The zero-order valence-electron chi connectivity index (χ0n) is 17.2. The number of unbranched alkanes of at least 4 members (excludes halogenated alkanes) is 1. The van der Waals surface area contributed by atoms with Gasteiger partial charge in [-0.3, -0.25) is 4.79 Å². The van der Waals surface area contributed by atoms with Crippen LogP contribution in [-0.4, -0.2) is 37.6 Å². The van der Waals surface area contributed by atoms with Crippen LogP contribution in [-0.2, 0) is 20.7 Å². The van der Waals surface area contributed by atoms with Gasteiger partial charge in [-0.15, -0.1) is 0 Å². The average molecular weight is 387 g/mol. The molecule has 1 aromatic rings. The molecule has 0 fully saturated rings. The fourth-order valence-corrected chi connectivity index (χ4v) is 3.53. The number of methoxy groups -OCH3 is 1. The molecule has 2 N–H and O–H groups in total. The Morgan fingerprint density at radius 1 is 1.21 bits per heavy atom. The van der Waals surface area contributed by atoms with Crippen LogP contribution >= 0.6 is 0 Å². The summed E-state index contributed by atoms with van der Waals surface area (Å²) in [6.07, 6.45) is 11.0. The van der Waals surface area contributed by atoms with Gasteiger partial charge in [0.25, 0.3) is 0 Å². The second kappa shape index (κ2) is 12.3. The first-order valence-electron chi connectivity index (χ1n) is 10.5. The Kier molecular flexibility index (Phi) is 9.77. The van der Waals surface area contributed by atoms with Crippen LogP contribution in [0.15, 0.2) is 42.5 Å². The Labute approximate surface area is 168 Å². The minimum Gasteiger partial charge on any atom is -0.467 e. The monoisotopic (exact) mass is 386 g/mol. The number of allylic oxidation sites excluding steroid dienone is 1. The third-order valence-electron chi connectivity index (χ3n) is 5.23. The van der Waals surface area contributed by atoms with Crippen LogP contribution in [0.1, 0.15) is 51.0 Å². The van der Waals surface area contributed by atoms with Crippen molar-refractivity contribution in [2.45, 2.75) is 64.0 Å². The summed E-state index contributed by atoms with van der Waals surface area (Å²) >= 11 is 0. The van der Waals surface area contributed by atoms with Crippen LogP contribution in [0.25, 0.3) is 0 Å². The smallest absolute Gasteiger partial charge is 0.328 e. The first-order valence-corrected chi connectivity index (χ1v) is 10.5. The fraction of sp³-hybridized carbons (Fsp3) is 0.565. The average Bonchev–Trinajstić information content (AvgIpc) is 2.74. The maximum Gasteiger partial charge on any atom is 0.328 e. The van der Waals surface area contributed by atoms with Gasteiger partial charge in [-0.2, -0.15) is 0 Å². The van der Waals surface area contributed by atoms with Gasteiger partial charge in [0.15, 0.2) is 0 Å². The van der Waals surface area contributed by atoms with Crippen LogP contribution in [0, 0.1) is 5.92 Å². The van der Waals surface area contributed by atoms with Crippen LogP contribution in [0.4, 0.5) is 0 Å². The Balaban J connectivity index is 2.04. The summed E-state index contributed by atoms with van der Waals surface area (Å²) in [6, 6.07) is 9.00. The van der Waals surface area contributed by atoms with E-state index >= 15 is 0 Å². The summed E-state index contributed by atoms with van der Waals surface area (Å²) in [5, 5.41) is 6.36. The van der Waals surface area contributed by atoms with Crippen LogP contribution in [0.3, 0.4) is 0 Å². The maximum absolute atomic E-state index is 13.0.